The van der Waals surface area contributed by atoms with Crippen LogP contribution in [-0.4, -0.2) is 85.0 Å². The molecule has 5 aromatic carbocycles. The van der Waals surface area contributed by atoms with Crippen LogP contribution in [0.1, 0.15) is 33.5 Å². The van der Waals surface area contributed by atoms with Gasteiger partial charge in [-0.2, -0.15) is 0 Å². The van der Waals surface area contributed by atoms with Crippen molar-refractivity contribution in [2.75, 3.05) is 30.7 Å². The van der Waals surface area contributed by atoms with Crippen LogP contribution in [0.25, 0.3) is 22.0 Å². The molecule has 2 fully saturated rings. The number of para-hydroxylation sites is 1. The highest BCUT2D eigenvalue weighted by atomic mass is 16.3. The molecule has 0 spiro atoms. The number of aromatic nitrogens is 1. The minimum Gasteiger partial charge on any atom is -0.508 e. The number of hydrogen-bond donors (Lipinski definition) is 3. The molecule has 2 saturated heterocycles. The molecule has 12 heteroatoms. The maximum absolute atomic E-state index is 14.8. The molecule has 4 amide bonds. The first kappa shape index (κ1) is 39.6. The van der Waals surface area contributed by atoms with Crippen molar-refractivity contribution in [1.82, 2.24) is 24.4 Å². The number of piperazine rings is 1. The lowest BCUT2D eigenvalue weighted by atomic mass is 9.97. The highest BCUT2D eigenvalue weighted by molar-refractivity contribution is 6.05. The molecule has 6 aromatic rings. The number of phenols is 1. The van der Waals surface area contributed by atoms with Crippen LogP contribution < -0.4 is 11.1 Å². The standard InChI is InChI=1S/C48H47N7O5/c1-3-26-53-31-45(58)54-42(27-33-12-23-39(56)24-13-33)48(60)52(30-43(54)55(53)44(57)25-14-32-8-5-4-6-9-32)28-36-10-7-11-40-41(29-51(2)46(36)40)34-17-21-38(22-18-34)50-47(59)35-15-19-37(49)20-16-35/h3-13,15-24,29,42-43,56H,1,14,25-28,30-31,49H2,2H3,(H,50,59)/t42-,43-/m0/s1. The third kappa shape index (κ3) is 8.10. The summed E-state index contributed by atoms with van der Waals surface area (Å²) >= 11 is 0. The minimum atomic E-state index is -0.890. The molecule has 0 bridgehead atoms. The number of aromatic hydroxyl groups is 1. The first-order chi connectivity index (χ1) is 29.1. The summed E-state index contributed by atoms with van der Waals surface area (Å²) < 4.78 is 2.06. The Labute approximate surface area is 348 Å². The summed E-state index contributed by atoms with van der Waals surface area (Å²) in [6.07, 6.45) is 3.94. The zero-order chi connectivity index (χ0) is 41.9. The number of carbonyl (C=O) groups is 4. The van der Waals surface area contributed by atoms with E-state index >= 15 is 0 Å². The monoisotopic (exact) mass is 801 g/mol. The molecule has 12 nitrogen and oxygen atoms in total. The van der Waals surface area contributed by atoms with E-state index in [0.717, 1.165) is 38.7 Å². The second kappa shape index (κ2) is 17.0. The number of phenolic OH excluding ortho intramolecular Hbond substituents is 1. The fourth-order valence-corrected chi connectivity index (χ4v) is 8.46. The van der Waals surface area contributed by atoms with Crippen LogP contribution in [0.3, 0.4) is 0 Å². The normalized spacial score (nSPS) is 16.9. The van der Waals surface area contributed by atoms with Gasteiger partial charge in [0.2, 0.25) is 17.7 Å². The second-order valence-electron chi connectivity index (χ2n) is 15.4. The van der Waals surface area contributed by atoms with Crippen molar-refractivity contribution >= 4 is 45.9 Å². The number of rotatable bonds is 12. The van der Waals surface area contributed by atoms with Gasteiger partial charge in [0.25, 0.3) is 5.91 Å². The molecular formula is C48H47N7O5. The molecule has 0 aliphatic carbocycles. The Kier molecular flexibility index (Phi) is 11.2. The molecule has 4 N–H and O–H groups in total. The summed E-state index contributed by atoms with van der Waals surface area (Å²) in [5.74, 6) is -0.736. The summed E-state index contributed by atoms with van der Waals surface area (Å²) in [5, 5.41) is 17.4. The average Bonchev–Trinajstić information content (AvgIpc) is 3.59. The van der Waals surface area contributed by atoms with E-state index in [1.807, 2.05) is 73.8 Å². The number of nitrogen functional groups attached to an aromatic ring is 1. The number of benzene rings is 5. The van der Waals surface area contributed by atoms with E-state index in [1.165, 1.54) is 0 Å². The fourth-order valence-electron chi connectivity index (χ4n) is 8.46. The summed E-state index contributed by atoms with van der Waals surface area (Å²) in [6.45, 7) is 4.47. The fraction of sp³-hybridized carbons (Fsp3) is 0.208. The van der Waals surface area contributed by atoms with Crippen LogP contribution in [-0.2, 0) is 40.8 Å². The molecule has 1 aromatic heterocycles. The summed E-state index contributed by atoms with van der Waals surface area (Å²) in [4.78, 5) is 59.4. The van der Waals surface area contributed by atoms with E-state index in [-0.39, 0.29) is 68.4 Å². The first-order valence-electron chi connectivity index (χ1n) is 20.0. The maximum Gasteiger partial charge on any atom is 0.255 e. The van der Waals surface area contributed by atoms with Crippen LogP contribution in [0.15, 0.2) is 140 Å². The SMILES string of the molecule is C=CCN1CC(=O)N2[C@@H](Cc3ccc(O)cc3)C(=O)N(Cc3cccc4c(-c5ccc(NC(=O)c6ccc(N)cc6)cc5)cn(C)c34)C[C@@H]2N1C(=O)CCc1ccccc1. The number of nitrogens with zero attached hydrogens (tertiary/aromatic N) is 5. The average molecular weight is 802 g/mol. The highest BCUT2D eigenvalue weighted by Crippen LogP contribution is 2.35. The van der Waals surface area contributed by atoms with Gasteiger partial charge in [0.15, 0.2) is 0 Å². The first-order valence-corrected chi connectivity index (χ1v) is 20.0. The van der Waals surface area contributed by atoms with Gasteiger partial charge in [-0.3, -0.25) is 19.2 Å². The van der Waals surface area contributed by atoms with Crippen LogP contribution in [0.4, 0.5) is 11.4 Å². The number of hydrogen-bond acceptors (Lipinski definition) is 7. The molecule has 2 aliphatic heterocycles. The smallest absolute Gasteiger partial charge is 0.255 e. The highest BCUT2D eigenvalue weighted by Gasteiger charge is 2.51. The van der Waals surface area contributed by atoms with E-state index in [9.17, 15) is 24.3 Å². The summed E-state index contributed by atoms with van der Waals surface area (Å²) in [7, 11) is 1.98. The maximum atomic E-state index is 14.8. The summed E-state index contributed by atoms with van der Waals surface area (Å²) in [6, 6.07) is 36.0. The van der Waals surface area contributed by atoms with Gasteiger partial charge in [-0.15, -0.1) is 6.58 Å². The Morgan fingerprint density at radius 1 is 0.883 bits per heavy atom. The topological polar surface area (TPSA) is 144 Å². The molecule has 0 radical (unpaired) electrons. The predicted molar refractivity (Wildman–Crippen MR) is 232 cm³/mol. The number of nitrogens with two attached hydrogens (primary N) is 1. The zero-order valence-corrected chi connectivity index (χ0v) is 33.4. The number of carbonyl (C=O) groups excluding carboxylic acids is 4. The molecule has 60 heavy (non-hydrogen) atoms. The lowest BCUT2D eigenvalue weighted by molar-refractivity contribution is -0.205. The van der Waals surface area contributed by atoms with E-state index in [2.05, 4.69) is 28.7 Å². The Hall–Kier alpha value is -7.18. The quantitative estimate of drug-likeness (QED) is 0.0964. The van der Waals surface area contributed by atoms with Gasteiger partial charge in [-0.05, 0) is 77.2 Å². The molecule has 304 valence electrons. The summed E-state index contributed by atoms with van der Waals surface area (Å²) in [5.41, 5.74) is 13.1. The van der Waals surface area contributed by atoms with Gasteiger partial charge in [-0.25, -0.2) is 10.0 Å². The van der Waals surface area contributed by atoms with Crippen LogP contribution >= 0.6 is 0 Å². The number of amides is 4. The van der Waals surface area contributed by atoms with Crippen LogP contribution in [0, 0.1) is 0 Å². The van der Waals surface area contributed by atoms with Crippen molar-refractivity contribution in [2.45, 2.75) is 38.0 Å². The van der Waals surface area contributed by atoms with Gasteiger partial charge in [0.1, 0.15) is 18.0 Å². The number of fused-ring (bicyclic) bond motifs is 2. The number of aryl methyl sites for hydroxylation is 2. The Balaban J connectivity index is 1.10. The molecular weight excluding hydrogens is 755 g/mol. The molecule has 0 saturated carbocycles. The third-order valence-electron chi connectivity index (χ3n) is 11.3. The van der Waals surface area contributed by atoms with Gasteiger partial charge in [0.05, 0.1) is 18.6 Å². The van der Waals surface area contributed by atoms with Crippen molar-refractivity contribution in [2.24, 2.45) is 7.05 Å². The van der Waals surface area contributed by atoms with Gasteiger partial charge >= 0.3 is 0 Å². The molecule has 0 unspecified atom stereocenters. The molecule has 2 atom stereocenters. The Bertz CT molecular complexity index is 2550. The van der Waals surface area contributed by atoms with Gasteiger partial charge in [0, 0.05) is 67.1 Å². The van der Waals surface area contributed by atoms with E-state index in [1.54, 1.807) is 74.4 Å². The second-order valence-corrected chi connectivity index (χ2v) is 15.4. The zero-order valence-electron chi connectivity index (χ0n) is 33.4. The Morgan fingerprint density at radius 3 is 2.33 bits per heavy atom. The van der Waals surface area contributed by atoms with Crippen LogP contribution in [0.5, 0.6) is 5.75 Å². The van der Waals surface area contributed by atoms with Crippen LogP contribution in [0.2, 0.25) is 0 Å². The van der Waals surface area contributed by atoms with Crippen molar-refractivity contribution < 1.29 is 24.3 Å². The predicted octanol–water partition coefficient (Wildman–Crippen LogP) is 6.37. The lowest BCUT2D eigenvalue weighted by Gasteiger charge is -2.55. The minimum absolute atomic E-state index is 0.0691. The largest absolute Gasteiger partial charge is 0.508 e. The number of nitrogens with one attached hydrogen (secondary N) is 1. The van der Waals surface area contributed by atoms with Gasteiger partial charge in [-0.1, -0.05) is 78.9 Å². The van der Waals surface area contributed by atoms with Crippen molar-refractivity contribution in [3.63, 3.8) is 0 Å². The van der Waals surface area contributed by atoms with Crippen molar-refractivity contribution in [3.8, 4) is 16.9 Å². The lowest BCUT2D eigenvalue weighted by Crippen LogP contribution is -2.75. The third-order valence-corrected chi connectivity index (χ3v) is 11.3. The van der Waals surface area contributed by atoms with Gasteiger partial charge < -0.3 is 30.5 Å². The van der Waals surface area contributed by atoms with E-state index < -0.39 is 12.2 Å². The van der Waals surface area contributed by atoms with E-state index in [4.69, 9.17) is 5.73 Å². The number of hydrazine groups is 1. The van der Waals surface area contributed by atoms with Crippen molar-refractivity contribution in [3.05, 3.63) is 162 Å². The van der Waals surface area contributed by atoms with Crippen molar-refractivity contribution in [1.29, 1.82) is 0 Å². The Morgan fingerprint density at radius 2 is 1.62 bits per heavy atom. The molecule has 3 heterocycles. The molecule has 8 rings (SSSR count). The van der Waals surface area contributed by atoms with E-state index in [0.29, 0.717) is 23.4 Å². The number of anilines is 2. The molecule has 2 aliphatic rings.